The Bertz CT molecular complexity index is 601. The van der Waals surface area contributed by atoms with Gasteiger partial charge >= 0.3 is 0 Å². The maximum atomic E-state index is 6.34. The van der Waals surface area contributed by atoms with Crippen LogP contribution < -0.4 is 10.6 Å². The molecule has 3 nitrogen and oxygen atoms in total. The van der Waals surface area contributed by atoms with Crippen LogP contribution in [0.3, 0.4) is 0 Å². The average molecular weight is 306 g/mol. The minimum absolute atomic E-state index is 0.357. The van der Waals surface area contributed by atoms with E-state index in [4.69, 9.17) is 29.6 Å². The molecular formula is C15H16ClN3S. The highest BCUT2D eigenvalue weighted by Gasteiger charge is 2.10. The number of anilines is 1. The molecule has 0 atom stereocenters. The lowest BCUT2D eigenvalue weighted by molar-refractivity contribution is 0.830. The van der Waals surface area contributed by atoms with Crippen LogP contribution in [0.25, 0.3) is 0 Å². The fraction of sp³-hybridized carbons (Fsp3) is 0.200. The predicted octanol–water partition coefficient (Wildman–Crippen LogP) is 3.40. The quantitative estimate of drug-likeness (QED) is 0.860. The van der Waals surface area contributed by atoms with Crippen molar-refractivity contribution in [2.75, 3.05) is 11.4 Å². The van der Waals surface area contributed by atoms with Gasteiger partial charge in [-0.15, -0.1) is 0 Å². The molecule has 1 heterocycles. The first-order valence-electron chi connectivity index (χ1n) is 6.35. The second kappa shape index (κ2) is 6.68. The molecule has 104 valence electrons. The Kier molecular flexibility index (Phi) is 4.93. The molecule has 2 rings (SSSR count). The zero-order valence-electron chi connectivity index (χ0n) is 11.2. The van der Waals surface area contributed by atoms with Crippen molar-refractivity contribution in [1.29, 1.82) is 0 Å². The lowest BCUT2D eigenvalue weighted by Gasteiger charge is -2.24. The maximum absolute atomic E-state index is 6.34. The highest BCUT2D eigenvalue weighted by atomic mass is 35.5. The number of rotatable bonds is 5. The number of thiocarbonyl (C=S) groups is 1. The number of pyridine rings is 1. The normalized spacial score (nSPS) is 10.3. The van der Waals surface area contributed by atoms with E-state index in [-0.39, 0.29) is 0 Å². The van der Waals surface area contributed by atoms with Crippen LogP contribution >= 0.6 is 23.8 Å². The molecule has 20 heavy (non-hydrogen) atoms. The summed E-state index contributed by atoms with van der Waals surface area (Å²) in [5.74, 6) is 0. The molecule has 0 radical (unpaired) electrons. The molecule has 2 aromatic rings. The van der Waals surface area contributed by atoms with Crippen molar-refractivity contribution in [1.82, 2.24) is 4.98 Å². The molecule has 0 saturated carbocycles. The van der Waals surface area contributed by atoms with Crippen molar-refractivity contribution in [3.05, 3.63) is 58.9 Å². The summed E-state index contributed by atoms with van der Waals surface area (Å²) in [7, 11) is 0. The monoisotopic (exact) mass is 305 g/mol. The largest absolute Gasteiger partial charge is 0.389 e. The third-order valence-electron chi connectivity index (χ3n) is 3.08. The zero-order valence-corrected chi connectivity index (χ0v) is 12.8. The Labute approximate surface area is 129 Å². The van der Waals surface area contributed by atoms with Crippen molar-refractivity contribution < 1.29 is 0 Å². The van der Waals surface area contributed by atoms with Gasteiger partial charge in [0.2, 0.25) is 0 Å². The molecule has 0 amide bonds. The summed E-state index contributed by atoms with van der Waals surface area (Å²) in [4.78, 5) is 6.58. The van der Waals surface area contributed by atoms with E-state index in [0.717, 1.165) is 24.3 Å². The number of hydrogen-bond donors (Lipinski definition) is 1. The molecule has 1 aromatic carbocycles. The molecule has 5 heteroatoms. The Hall–Kier alpha value is -1.65. The van der Waals surface area contributed by atoms with Crippen LogP contribution in [0.15, 0.2) is 42.7 Å². The van der Waals surface area contributed by atoms with Crippen LogP contribution in [-0.4, -0.2) is 16.5 Å². The number of nitrogens with zero attached hydrogens (tertiary/aromatic N) is 2. The van der Waals surface area contributed by atoms with Gasteiger partial charge in [0.15, 0.2) is 0 Å². The summed E-state index contributed by atoms with van der Waals surface area (Å²) >= 11 is 11.3. The molecule has 0 aliphatic heterocycles. The van der Waals surface area contributed by atoms with Crippen LogP contribution in [0.1, 0.15) is 18.1 Å². The van der Waals surface area contributed by atoms with E-state index < -0.39 is 0 Å². The van der Waals surface area contributed by atoms with E-state index in [0.29, 0.717) is 10.0 Å². The first-order valence-corrected chi connectivity index (χ1v) is 7.13. The minimum atomic E-state index is 0.357. The Morgan fingerprint density at radius 1 is 1.30 bits per heavy atom. The van der Waals surface area contributed by atoms with Crippen molar-refractivity contribution in [3.63, 3.8) is 0 Å². The number of nitrogens with two attached hydrogens (primary N) is 1. The molecule has 0 unspecified atom stereocenters. The van der Waals surface area contributed by atoms with Gasteiger partial charge < -0.3 is 10.6 Å². The van der Waals surface area contributed by atoms with Gasteiger partial charge in [0.05, 0.1) is 10.7 Å². The van der Waals surface area contributed by atoms with Crippen LogP contribution in [0.2, 0.25) is 5.02 Å². The molecule has 1 aromatic heterocycles. The number of aromatic nitrogens is 1. The van der Waals surface area contributed by atoms with E-state index in [1.165, 1.54) is 5.56 Å². The van der Waals surface area contributed by atoms with Crippen molar-refractivity contribution >= 4 is 34.5 Å². The van der Waals surface area contributed by atoms with Gasteiger partial charge in [0, 0.05) is 31.0 Å². The highest BCUT2D eigenvalue weighted by molar-refractivity contribution is 7.80. The average Bonchev–Trinajstić information content (AvgIpc) is 2.46. The van der Waals surface area contributed by atoms with E-state index in [9.17, 15) is 0 Å². The van der Waals surface area contributed by atoms with Gasteiger partial charge in [-0.25, -0.2) is 0 Å². The van der Waals surface area contributed by atoms with Crippen molar-refractivity contribution in [2.45, 2.75) is 13.5 Å². The number of halogens is 1. The van der Waals surface area contributed by atoms with Gasteiger partial charge in [-0.2, -0.15) is 0 Å². The van der Waals surface area contributed by atoms with Crippen LogP contribution in [-0.2, 0) is 6.54 Å². The SMILES string of the molecule is CCN(Cc1ccncc1)c1ccc(C(N)=S)cc1Cl. The lowest BCUT2D eigenvalue weighted by atomic mass is 10.1. The summed E-state index contributed by atoms with van der Waals surface area (Å²) in [6.45, 7) is 3.73. The third kappa shape index (κ3) is 3.46. The van der Waals surface area contributed by atoms with Gasteiger partial charge in [-0.1, -0.05) is 23.8 Å². The molecule has 0 bridgehead atoms. The smallest absolute Gasteiger partial charge is 0.104 e. The van der Waals surface area contributed by atoms with Crippen LogP contribution in [0.4, 0.5) is 5.69 Å². The summed E-state index contributed by atoms with van der Waals surface area (Å²) in [5.41, 5.74) is 8.57. The summed E-state index contributed by atoms with van der Waals surface area (Å²) in [6.07, 6.45) is 3.58. The topological polar surface area (TPSA) is 42.2 Å². The molecular weight excluding hydrogens is 290 g/mol. The summed E-state index contributed by atoms with van der Waals surface area (Å²) in [5, 5.41) is 0.659. The number of benzene rings is 1. The highest BCUT2D eigenvalue weighted by Crippen LogP contribution is 2.28. The zero-order chi connectivity index (χ0) is 14.5. The first-order chi connectivity index (χ1) is 9.61. The second-order valence-corrected chi connectivity index (χ2v) is 5.25. The molecule has 2 N–H and O–H groups in total. The van der Waals surface area contributed by atoms with Gasteiger partial charge in [-0.3, -0.25) is 4.98 Å². The molecule has 0 fully saturated rings. The van der Waals surface area contributed by atoms with Crippen molar-refractivity contribution in [3.8, 4) is 0 Å². The van der Waals surface area contributed by atoms with E-state index in [1.807, 2.05) is 30.3 Å². The van der Waals surface area contributed by atoms with Gasteiger partial charge in [-0.05, 0) is 42.8 Å². The molecule has 0 aliphatic carbocycles. The molecule has 0 aliphatic rings. The Morgan fingerprint density at radius 2 is 2.00 bits per heavy atom. The van der Waals surface area contributed by atoms with E-state index in [2.05, 4.69) is 16.8 Å². The maximum Gasteiger partial charge on any atom is 0.104 e. The fourth-order valence-electron chi connectivity index (χ4n) is 1.99. The third-order valence-corrected chi connectivity index (χ3v) is 3.62. The first kappa shape index (κ1) is 14.8. The van der Waals surface area contributed by atoms with E-state index >= 15 is 0 Å². The summed E-state index contributed by atoms with van der Waals surface area (Å²) < 4.78 is 0. The Morgan fingerprint density at radius 3 is 2.55 bits per heavy atom. The number of hydrogen-bond acceptors (Lipinski definition) is 3. The standard InChI is InChI=1S/C15H16ClN3S/c1-2-19(10-11-5-7-18-8-6-11)14-4-3-12(15(17)20)9-13(14)16/h3-9H,2,10H2,1H3,(H2,17,20). The van der Waals surface area contributed by atoms with Crippen LogP contribution in [0.5, 0.6) is 0 Å². The second-order valence-electron chi connectivity index (χ2n) is 4.40. The fourth-order valence-corrected chi connectivity index (χ4v) is 2.42. The van der Waals surface area contributed by atoms with Gasteiger partial charge in [0.25, 0.3) is 0 Å². The molecule has 0 saturated heterocycles. The summed E-state index contributed by atoms with van der Waals surface area (Å²) in [6, 6.07) is 9.68. The van der Waals surface area contributed by atoms with Gasteiger partial charge in [0.1, 0.15) is 4.99 Å². The van der Waals surface area contributed by atoms with Crippen LogP contribution in [0, 0.1) is 0 Å². The lowest BCUT2D eigenvalue weighted by Crippen LogP contribution is -2.22. The predicted molar refractivity (Wildman–Crippen MR) is 88.3 cm³/mol. The van der Waals surface area contributed by atoms with Crippen molar-refractivity contribution in [2.24, 2.45) is 5.73 Å². The molecule has 0 spiro atoms. The minimum Gasteiger partial charge on any atom is -0.389 e. The Balaban J connectivity index is 2.26. The van der Waals surface area contributed by atoms with E-state index in [1.54, 1.807) is 12.4 Å².